The van der Waals surface area contributed by atoms with Crippen LogP contribution >= 0.6 is 0 Å². The average Bonchev–Trinajstić information content (AvgIpc) is 2.84. The number of rotatable bonds is 2. The molecule has 1 aliphatic heterocycles. The summed E-state index contributed by atoms with van der Waals surface area (Å²) in [5.74, 6) is -0.123. The van der Waals surface area contributed by atoms with E-state index in [1.165, 1.54) is 0 Å². The molecule has 1 aliphatic rings. The third-order valence-corrected chi connectivity index (χ3v) is 3.10. The lowest BCUT2D eigenvalue weighted by molar-refractivity contribution is -0.141. The first-order valence-corrected chi connectivity index (χ1v) is 5.58. The predicted octanol–water partition coefficient (Wildman–Crippen LogP) is 1.44. The highest BCUT2D eigenvalue weighted by Gasteiger charge is 2.32. The standard InChI is InChI=1S/C12H15NO4/c1-7-5-10(8(2)17-7)11(14)13-4-3-9(6-13)12(15)16/h5,9H,3-4,6H2,1-2H3,(H,15,16)/t9-/m1/s1. The van der Waals surface area contributed by atoms with Crippen LogP contribution < -0.4 is 0 Å². The summed E-state index contributed by atoms with van der Waals surface area (Å²) in [4.78, 5) is 24.5. The molecule has 1 aromatic rings. The summed E-state index contributed by atoms with van der Waals surface area (Å²) >= 11 is 0. The summed E-state index contributed by atoms with van der Waals surface area (Å²) in [7, 11) is 0. The largest absolute Gasteiger partial charge is 0.481 e. The fourth-order valence-corrected chi connectivity index (χ4v) is 2.16. The molecule has 0 aromatic carbocycles. The van der Waals surface area contributed by atoms with E-state index in [4.69, 9.17) is 9.52 Å². The van der Waals surface area contributed by atoms with Crippen LogP contribution in [-0.4, -0.2) is 35.0 Å². The quantitative estimate of drug-likeness (QED) is 0.845. The van der Waals surface area contributed by atoms with E-state index >= 15 is 0 Å². The van der Waals surface area contributed by atoms with Gasteiger partial charge in [0.05, 0.1) is 11.5 Å². The number of hydrogen-bond donors (Lipinski definition) is 1. The number of furan rings is 1. The van der Waals surface area contributed by atoms with Crippen LogP contribution in [0.15, 0.2) is 10.5 Å². The Hall–Kier alpha value is -1.78. The van der Waals surface area contributed by atoms with Crippen molar-refractivity contribution in [2.24, 2.45) is 5.92 Å². The number of likely N-dealkylation sites (tertiary alicyclic amines) is 1. The van der Waals surface area contributed by atoms with Gasteiger partial charge in [0.2, 0.25) is 0 Å². The van der Waals surface area contributed by atoms with Crippen LogP contribution in [-0.2, 0) is 4.79 Å². The monoisotopic (exact) mass is 237 g/mol. The number of amides is 1. The Morgan fingerprint density at radius 1 is 1.47 bits per heavy atom. The van der Waals surface area contributed by atoms with Gasteiger partial charge in [-0.15, -0.1) is 0 Å². The third kappa shape index (κ3) is 2.18. The van der Waals surface area contributed by atoms with Gasteiger partial charge >= 0.3 is 5.97 Å². The second-order valence-corrected chi connectivity index (χ2v) is 4.40. The van der Waals surface area contributed by atoms with E-state index in [9.17, 15) is 9.59 Å². The number of hydrogen-bond acceptors (Lipinski definition) is 3. The topological polar surface area (TPSA) is 70.8 Å². The first kappa shape index (κ1) is 11.7. The summed E-state index contributed by atoms with van der Waals surface area (Å²) in [5.41, 5.74) is 0.536. The van der Waals surface area contributed by atoms with Gasteiger partial charge in [-0.1, -0.05) is 0 Å². The maximum Gasteiger partial charge on any atom is 0.308 e. The van der Waals surface area contributed by atoms with Crippen molar-refractivity contribution in [3.63, 3.8) is 0 Å². The molecular weight excluding hydrogens is 222 g/mol. The summed E-state index contributed by atoms with van der Waals surface area (Å²) in [6, 6.07) is 1.70. The fraction of sp³-hybridized carbons (Fsp3) is 0.500. The number of aliphatic carboxylic acids is 1. The minimum Gasteiger partial charge on any atom is -0.481 e. The molecule has 2 heterocycles. The molecule has 1 amide bonds. The lowest BCUT2D eigenvalue weighted by Gasteiger charge is -2.14. The molecule has 17 heavy (non-hydrogen) atoms. The Labute approximate surface area is 99.0 Å². The minimum atomic E-state index is -0.833. The molecule has 1 fully saturated rings. The molecule has 0 bridgehead atoms. The molecule has 1 saturated heterocycles. The smallest absolute Gasteiger partial charge is 0.308 e. The normalized spacial score (nSPS) is 19.6. The first-order chi connectivity index (χ1) is 7.99. The molecular formula is C12H15NO4. The highest BCUT2D eigenvalue weighted by molar-refractivity contribution is 5.95. The van der Waals surface area contributed by atoms with Gasteiger partial charge in [-0.2, -0.15) is 0 Å². The van der Waals surface area contributed by atoms with Crippen LogP contribution in [0.1, 0.15) is 28.3 Å². The van der Waals surface area contributed by atoms with Crippen molar-refractivity contribution in [2.75, 3.05) is 13.1 Å². The molecule has 0 saturated carbocycles. The molecule has 1 atom stereocenters. The number of carboxylic acids is 1. The molecule has 0 spiro atoms. The zero-order valence-corrected chi connectivity index (χ0v) is 9.90. The summed E-state index contributed by atoms with van der Waals surface area (Å²) < 4.78 is 5.31. The Bertz CT molecular complexity index is 463. The van der Waals surface area contributed by atoms with Crippen LogP contribution in [0.4, 0.5) is 0 Å². The second-order valence-electron chi connectivity index (χ2n) is 4.40. The van der Waals surface area contributed by atoms with Crippen molar-refractivity contribution in [3.05, 3.63) is 23.2 Å². The Morgan fingerprint density at radius 2 is 2.18 bits per heavy atom. The van der Waals surface area contributed by atoms with E-state index < -0.39 is 11.9 Å². The van der Waals surface area contributed by atoms with E-state index in [0.717, 1.165) is 0 Å². The van der Waals surface area contributed by atoms with Crippen molar-refractivity contribution in [3.8, 4) is 0 Å². The summed E-state index contributed by atoms with van der Waals surface area (Å²) in [6.07, 6.45) is 0.525. The van der Waals surface area contributed by atoms with E-state index in [-0.39, 0.29) is 12.5 Å². The van der Waals surface area contributed by atoms with Crippen LogP contribution in [0, 0.1) is 19.8 Å². The van der Waals surface area contributed by atoms with E-state index in [2.05, 4.69) is 0 Å². The first-order valence-electron chi connectivity index (χ1n) is 5.58. The third-order valence-electron chi connectivity index (χ3n) is 3.10. The SMILES string of the molecule is Cc1cc(C(=O)N2CC[C@@H](C(=O)O)C2)c(C)o1. The average molecular weight is 237 g/mol. The van der Waals surface area contributed by atoms with Crippen LogP contribution in [0.25, 0.3) is 0 Å². The summed E-state index contributed by atoms with van der Waals surface area (Å²) in [5, 5.41) is 8.89. The Kier molecular flexibility index (Phi) is 2.92. The molecule has 92 valence electrons. The van der Waals surface area contributed by atoms with Crippen LogP contribution in [0.5, 0.6) is 0 Å². The zero-order valence-electron chi connectivity index (χ0n) is 9.90. The van der Waals surface area contributed by atoms with Crippen LogP contribution in [0.3, 0.4) is 0 Å². The van der Waals surface area contributed by atoms with Crippen LogP contribution in [0.2, 0.25) is 0 Å². The second kappa shape index (κ2) is 4.24. The van der Waals surface area contributed by atoms with Crippen molar-refractivity contribution in [1.29, 1.82) is 0 Å². The minimum absolute atomic E-state index is 0.136. The van der Waals surface area contributed by atoms with Crippen molar-refractivity contribution in [1.82, 2.24) is 4.90 Å². The molecule has 1 aromatic heterocycles. The van der Waals surface area contributed by atoms with E-state index in [1.54, 1.807) is 24.8 Å². The molecule has 0 radical (unpaired) electrons. The lowest BCUT2D eigenvalue weighted by Crippen LogP contribution is -2.30. The van der Waals surface area contributed by atoms with E-state index in [0.29, 0.717) is 30.0 Å². The van der Waals surface area contributed by atoms with Gasteiger partial charge in [0.1, 0.15) is 11.5 Å². The maximum absolute atomic E-state index is 12.1. The van der Waals surface area contributed by atoms with Gasteiger partial charge < -0.3 is 14.4 Å². The Balaban J connectivity index is 2.12. The number of aryl methyl sites for hydroxylation is 2. The maximum atomic E-state index is 12.1. The highest BCUT2D eigenvalue weighted by Crippen LogP contribution is 2.22. The fourth-order valence-electron chi connectivity index (χ4n) is 2.16. The summed E-state index contributed by atoms with van der Waals surface area (Å²) in [6.45, 7) is 4.32. The molecule has 0 unspecified atom stereocenters. The van der Waals surface area contributed by atoms with Gasteiger partial charge in [0.25, 0.3) is 5.91 Å². The lowest BCUT2D eigenvalue weighted by atomic mass is 10.1. The molecule has 5 nitrogen and oxygen atoms in total. The molecule has 2 rings (SSSR count). The van der Waals surface area contributed by atoms with Crippen molar-refractivity contribution >= 4 is 11.9 Å². The number of carboxylic acid groups (broad SMARTS) is 1. The zero-order chi connectivity index (χ0) is 12.6. The molecule has 0 aliphatic carbocycles. The van der Waals surface area contributed by atoms with Gasteiger partial charge in [-0.05, 0) is 26.3 Å². The number of carbonyl (C=O) groups is 2. The highest BCUT2D eigenvalue weighted by atomic mass is 16.4. The molecule has 5 heteroatoms. The van der Waals surface area contributed by atoms with E-state index in [1.807, 2.05) is 0 Å². The van der Waals surface area contributed by atoms with Gasteiger partial charge in [-0.3, -0.25) is 9.59 Å². The van der Waals surface area contributed by atoms with Crippen molar-refractivity contribution in [2.45, 2.75) is 20.3 Å². The Morgan fingerprint density at radius 3 is 2.65 bits per heavy atom. The predicted molar refractivity (Wildman–Crippen MR) is 59.8 cm³/mol. The van der Waals surface area contributed by atoms with Crippen molar-refractivity contribution < 1.29 is 19.1 Å². The van der Waals surface area contributed by atoms with Gasteiger partial charge in [0, 0.05) is 13.1 Å². The number of carbonyl (C=O) groups excluding carboxylic acids is 1. The van der Waals surface area contributed by atoms with Gasteiger partial charge in [-0.25, -0.2) is 0 Å². The molecule has 1 N–H and O–H groups in total. The van der Waals surface area contributed by atoms with Gasteiger partial charge in [0.15, 0.2) is 0 Å². The number of nitrogens with zero attached hydrogens (tertiary/aromatic N) is 1.